The smallest absolute Gasteiger partial charge is 0.205 e. The summed E-state index contributed by atoms with van der Waals surface area (Å²) < 4.78 is 1.98. The van der Waals surface area contributed by atoms with Crippen LogP contribution >= 0.6 is 0 Å². The van der Waals surface area contributed by atoms with Crippen molar-refractivity contribution in [1.82, 2.24) is 35.4 Å². The lowest BCUT2D eigenvalue weighted by Gasteiger charge is -2.08. The van der Waals surface area contributed by atoms with Gasteiger partial charge in [0.2, 0.25) is 5.82 Å². The van der Waals surface area contributed by atoms with Crippen LogP contribution in [0.5, 0.6) is 0 Å². The molecule has 0 radical (unpaired) electrons. The maximum absolute atomic E-state index is 4.65. The number of unbranched alkanes of at least 4 members (excludes halogenated alkanes) is 1. The summed E-state index contributed by atoms with van der Waals surface area (Å²) in [6, 6.07) is 16.6. The molecule has 0 atom stereocenters. The van der Waals surface area contributed by atoms with Gasteiger partial charge in [0.25, 0.3) is 0 Å². The summed E-state index contributed by atoms with van der Waals surface area (Å²) in [6.07, 6.45) is 3.22. The molecule has 7 heteroatoms. The van der Waals surface area contributed by atoms with E-state index in [0.717, 1.165) is 54.1 Å². The highest BCUT2D eigenvalue weighted by atomic mass is 15.5. The zero-order valence-electron chi connectivity index (χ0n) is 16.1. The Balaban J connectivity index is 1.55. The Kier molecular flexibility index (Phi) is 5.23. The van der Waals surface area contributed by atoms with Crippen molar-refractivity contribution in [3.05, 3.63) is 65.7 Å². The van der Waals surface area contributed by atoms with E-state index in [-0.39, 0.29) is 0 Å². The standard InChI is InChI=1S/C21H23N7/c1-3-4-9-20-22-15(2)28(25-20)14-16-10-12-17(13-11-16)18-7-5-6-8-19(18)21-23-26-27-24-21/h5-8,10-13H,3-4,9,14H2,1-2H3,(H,23,24,26,27). The highest BCUT2D eigenvalue weighted by Gasteiger charge is 2.11. The van der Waals surface area contributed by atoms with E-state index < -0.39 is 0 Å². The van der Waals surface area contributed by atoms with Crippen molar-refractivity contribution in [2.24, 2.45) is 0 Å². The number of aromatic nitrogens is 7. The summed E-state index contributed by atoms with van der Waals surface area (Å²) in [5, 5.41) is 19.1. The molecular formula is C21H23N7. The Bertz CT molecular complexity index is 1030. The highest BCUT2D eigenvalue weighted by molar-refractivity contribution is 5.80. The van der Waals surface area contributed by atoms with Gasteiger partial charge in [0.05, 0.1) is 6.54 Å². The van der Waals surface area contributed by atoms with Gasteiger partial charge in [-0.25, -0.2) is 9.67 Å². The Morgan fingerprint density at radius 2 is 1.79 bits per heavy atom. The van der Waals surface area contributed by atoms with Crippen LogP contribution in [0.2, 0.25) is 0 Å². The molecule has 4 aromatic rings. The van der Waals surface area contributed by atoms with Gasteiger partial charge in [0.15, 0.2) is 5.82 Å². The molecule has 2 heterocycles. The van der Waals surface area contributed by atoms with Gasteiger partial charge in [-0.15, -0.1) is 10.2 Å². The average Bonchev–Trinajstić information content (AvgIpc) is 3.37. The van der Waals surface area contributed by atoms with Crippen LogP contribution < -0.4 is 0 Å². The van der Waals surface area contributed by atoms with Crippen molar-refractivity contribution in [1.29, 1.82) is 0 Å². The first kappa shape index (κ1) is 18.0. The fraction of sp³-hybridized carbons (Fsp3) is 0.286. The third-order valence-electron chi connectivity index (χ3n) is 4.77. The molecule has 2 aromatic heterocycles. The molecule has 0 aliphatic carbocycles. The monoisotopic (exact) mass is 373 g/mol. The van der Waals surface area contributed by atoms with Crippen molar-refractivity contribution in [2.75, 3.05) is 0 Å². The molecule has 2 aromatic carbocycles. The summed E-state index contributed by atoms with van der Waals surface area (Å²) in [5.41, 5.74) is 4.34. The summed E-state index contributed by atoms with van der Waals surface area (Å²) in [7, 11) is 0. The molecular weight excluding hydrogens is 350 g/mol. The number of aromatic amines is 1. The van der Waals surface area contributed by atoms with Crippen LogP contribution in [0.15, 0.2) is 48.5 Å². The number of tetrazole rings is 1. The minimum absolute atomic E-state index is 0.595. The van der Waals surface area contributed by atoms with Gasteiger partial charge in [-0.1, -0.05) is 61.9 Å². The van der Waals surface area contributed by atoms with Crippen molar-refractivity contribution in [3.63, 3.8) is 0 Å². The molecule has 0 fully saturated rings. The molecule has 4 rings (SSSR count). The van der Waals surface area contributed by atoms with E-state index in [1.165, 1.54) is 5.56 Å². The number of nitrogens with one attached hydrogen (secondary N) is 1. The third kappa shape index (κ3) is 3.83. The molecule has 0 saturated heterocycles. The molecule has 0 aliphatic rings. The maximum Gasteiger partial charge on any atom is 0.205 e. The van der Waals surface area contributed by atoms with Crippen LogP contribution in [0.1, 0.15) is 37.0 Å². The Morgan fingerprint density at radius 1 is 1.00 bits per heavy atom. The van der Waals surface area contributed by atoms with Crippen molar-refractivity contribution >= 4 is 0 Å². The Hall–Kier alpha value is -3.35. The third-order valence-corrected chi connectivity index (χ3v) is 4.77. The van der Waals surface area contributed by atoms with E-state index in [4.69, 9.17) is 0 Å². The molecule has 0 saturated carbocycles. The molecule has 142 valence electrons. The highest BCUT2D eigenvalue weighted by Crippen LogP contribution is 2.29. The topological polar surface area (TPSA) is 85.2 Å². The fourth-order valence-electron chi connectivity index (χ4n) is 3.24. The lowest BCUT2D eigenvalue weighted by atomic mass is 9.98. The number of aryl methyl sites for hydroxylation is 2. The SMILES string of the molecule is CCCCc1nc(C)n(Cc2ccc(-c3ccccc3-c3nn[nH]n3)cc2)n1. The van der Waals surface area contributed by atoms with E-state index in [0.29, 0.717) is 5.82 Å². The molecule has 0 bridgehead atoms. The summed E-state index contributed by atoms with van der Waals surface area (Å²) in [4.78, 5) is 4.58. The molecule has 7 nitrogen and oxygen atoms in total. The van der Waals surface area contributed by atoms with E-state index in [2.05, 4.69) is 68.0 Å². The van der Waals surface area contributed by atoms with Crippen LogP contribution in [0.4, 0.5) is 0 Å². The maximum atomic E-state index is 4.65. The van der Waals surface area contributed by atoms with E-state index in [1.807, 2.05) is 29.8 Å². The van der Waals surface area contributed by atoms with Crippen LogP contribution in [0.25, 0.3) is 22.5 Å². The van der Waals surface area contributed by atoms with Gasteiger partial charge in [0.1, 0.15) is 5.82 Å². The first-order valence-electron chi connectivity index (χ1n) is 9.57. The Labute approximate surface area is 163 Å². The molecule has 28 heavy (non-hydrogen) atoms. The summed E-state index contributed by atoms with van der Waals surface area (Å²) in [5.74, 6) is 2.49. The predicted octanol–water partition coefficient (Wildman–Crippen LogP) is 3.82. The predicted molar refractivity (Wildman–Crippen MR) is 108 cm³/mol. The van der Waals surface area contributed by atoms with Crippen LogP contribution in [0.3, 0.4) is 0 Å². The molecule has 0 aliphatic heterocycles. The van der Waals surface area contributed by atoms with Gasteiger partial charge in [-0.3, -0.25) is 0 Å². The summed E-state index contributed by atoms with van der Waals surface area (Å²) in [6.45, 7) is 4.91. The van der Waals surface area contributed by atoms with Crippen molar-refractivity contribution < 1.29 is 0 Å². The van der Waals surface area contributed by atoms with Gasteiger partial charge in [-0.05, 0) is 35.2 Å². The van der Waals surface area contributed by atoms with E-state index in [9.17, 15) is 0 Å². The number of H-pyrrole nitrogens is 1. The van der Waals surface area contributed by atoms with Crippen LogP contribution in [0, 0.1) is 6.92 Å². The number of benzene rings is 2. The quantitative estimate of drug-likeness (QED) is 0.532. The molecule has 1 N–H and O–H groups in total. The summed E-state index contributed by atoms with van der Waals surface area (Å²) >= 11 is 0. The number of hydrogen-bond acceptors (Lipinski definition) is 5. The second-order valence-corrected chi connectivity index (χ2v) is 6.81. The zero-order valence-corrected chi connectivity index (χ0v) is 16.1. The van der Waals surface area contributed by atoms with Gasteiger partial charge < -0.3 is 0 Å². The van der Waals surface area contributed by atoms with Crippen molar-refractivity contribution in [2.45, 2.75) is 39.7 Å². The van der Waals surface area contributed by atoms with Crippen molar-refractivity contribution in [3.8, 4) is 22.5 Å². The normalized spacial score (nSPS) is 11.1. The molecule has 0 unspecified atom stereocenters. The van der Waals surface area contributed by atoms with Gasteiger partial charge in [0, 0.05) is 12.0 Å². The number of rotatable bonds is 7. The van der Waals surface area contributed by atoms with Crippen LogP contribution in [-0.4, -0.2) is 35.4 Å². The van der Waals surface area contributed by atoms with Gasteiger partial charge >= 0.3 is 0 Å². The minimum Gasteiger partial charge on any atom is -0.246 e. The fourth-order valence-corrected chi connectivity index (χ4v) is 3.24. The second-order valence-electron chi connectivity index (χ2n) is 6.81. The first-order chi connectivity index (χ1) is 13.7. The van der Waals surface area contributed by atoms with Crippen LogP contribution in [-0.2, 0) is 13.0 Å². The first-order valence-corrected chi connectivity index (χ1v) is 9.57. The van der Waals surface area contributed by atoms with E-state index >= 15 is 0 Å². The lowest BCUT2D eigenvalue weighted by Crippen LogP contribution is -2.04. The number of nitrogens with zero attached hydrogens (tertiary/aromatic N) is 6. The number of hydrogen-bond donors (Lipinski definition) is 1. The Morgan fingerprint density at radius 3 is 2.50 bits per heavy atom. The van der Waals surface area contributed by atoms with Gasteiger partial charge in [-0.2, -0.15) is 10.3 Å². The second kappa shape index (κ2) is 8.12. The average molecular weight is 373 g/mol. The molecule has 0 spiro atoms. The lowest BCUT2D eigenvalue weighted by molar-refractivity contribution is 0.644. The van der Waals surface area contributed by atoms with E-state index in [1.54, 1.807) is 0 Å². The minimum atomic E-state index is 0.595. The zero-order chi connectivity index (χ0) is 19.3. The largest absolute Gasteiger partial charge is 0.246 e. The molecule has 0 amide bonds.